The number of rotatable bonds is 5. The van der Waals surface area contributed by atoms with Gasteiger partial charge in [-0.15, -0.1) is 0 Å². The Morgan fingerprint density at radius 1 is 1.21 bits per heavy atom. The quantitative estimate of drug-likeness (QED) is 0.460. The van der Waals surface area contributed by atoms with Crippen molar-refractivity contribution in [3.63, 3.8) is 0 Å². The molecule has 0 bridgehead atoms. The number of carbonyl (C=O) groups excluding carboxylic acids is 3. The summed E-state index contributed by atoms with van der Waals surface area (Å²) in [5, 5.41) is 0. The van der Waals surface area contributed by atoms with Gasteiger partial charge in [-0.3, -0.25) is 9.59 Å². The number of Topliss-reactive ketones (excluding diaryl/α,β-unsaturated/α-hetero) is 1. The zero-order valence-electron chi connectivity index (χ0n) is 10.5. The molecular weight excluding hydrogens is 255 g/mol. The Kier molecular flexibility index (Phi) is 5.17. The smallest absolute Gasteiger partial charge is 0.355 e. The number of benzene rings is 1. The molecule has 1 aromatic carbocycles. The topological polar surface area (TPSA) is 69.7 Å². The van der Waals surface area contributed by atoms with Crippen molar-refractivity contribution in [1.82, 2.24) is 0 Å². The number of esters is 2. The van der Waals surface area contributed by atoms with E-state index in [4.69, 9.17) is 0 Å². The highest BCUT2D eigenvalue weighted by Gasteiger charge is 2.32. The van der Waals surface area contributed by atoms with Crippen LogP contribution < -0.4 is 0 Å². The highest BCUT2D eigenvalue weighted by molar-refractivity contribution is 6.12. The number of carbonyl (C=O) groups is 3. The molecule has 0 aliphatic heterocycles. The first-order valence-corrected chi connectivity index (χ1v) is 5.59. The molecule has 19 heavy (non-hydrogen) atoms. The molecule has 1 atom stereocenters. The summed E-state index contributed by atoms with van der Waals surface area (Å²) in [6, 6.07) is 4.55. The average Bonchev–Trinajstić information content (AvgIpc) is 2.36. The van der Waals surface area contributed by atoms with E-state index in [0.29, 0.717) is 0 Å². The van der Waals surface area contributed by atoms with E-state index in [-0.39, 0.29) is 12.2 Å². The van der Waals surface area contributed by atoms with Gasteiger partial charge in [0, 0.05) is 12.5 Å². The van der Waals surface area contributed by atoms with Gasteiger partial charge < -0.3 is 9.47 Å². The van der Waals surface area contributed by atoms with Crippen LogP contribution in [-0.2, 0) is 19.1 Å². The lowest BCUT2D eigenvalue weighted by Crippen LogP contribution is -2.36. The minimum atomic E-state index is -1.66. The van der Waals surface area contributed by atoms with Gasteiger partial charge in [-0.2, -0.15) is 0 Å². The molecular formula is C13H13FO5. The van der Waals surface area contributed by atoms with Crippen LogP contribution in [0.1, 0.15) is 24.2 Å². The molecule has 1 rings (SSSR count). The zero-order chi connectivity index (χ0) is 14.4. The van der Waals surface area contributed by atoms with E-state index in [1.807, 2.05) is 0 Å². The van der Waals surface area contributed by atoms with E-state index >= 15 is 0 Å². The molecule has 1 unspecified atom stereocenters. The Morgan fingerprint density at radius 3 is 2.26 bits per heavy atom. The average molecular weight is 268 g/mol. The molecule has 0 saturated carbocycles. The third kappa shape index (κ3) is 4.17. The molecule has 0 radical (unpaired) electrons. The second-order valence-corrected chi connectivity index (χ2v) is 3.61. The molecule has 1 aromatic rings. The SMILES string of the molecule is CCOC(=O)C(OC(C)=O)C(=O)c1ccc(F)cc1. The fourth-order valence-electron chi connectivity index (χ4n) is 1.36. The van der Waals surface area contributed by atoms with Crippen molar-refractivity contribution in [2.24, 2.45) is 0 Å². The molecule has 0 saturated heterocycles. The molecule has 6 heteroatoms. The van der Waals surface area contributed by atoms with Gasteiger partial charge in [0.15, 0.2) is 0 Å². The lowest BCUT2D eigenvalue weighted by molar-refractivity contribution is -0.162. The Bertz CT molecular complexity index is 480. The summed E-state index contributed by atoms with van der Waals surface area (Å²) < 4.78 is 22.1. The largest absolute Gasteiger partial charge is 0.463 e. The molecule has 0 aliphatic carbocycles. The van der Waals surface area contributed by atoms with Crippen molar-refractivity contribution >= 4 is 17.7 Å². The van der Waals surface area contributed by atoms with Gasteiger partial charge >= 0.3 is 11.9 Å². The van der Waals surface area contributed by atoms with Gasteiger partial charge in [-0.05, 0) is 31.2 Å². The van der Waals surface area contributed by atoms with Crippen LogP contribution in [0.3, 0.4) is 0 Å². The second-order valence-electron chi connectivity index (χ2n) is 3.61. The maximum Gasteiger partial charge on any atom is 0.355 e. The van der Waals surface area contributed by atoms with Crippen LogP contribution in [0.25, 0.3) is 0 Å². The summed E-state index contributed by atoms with van der Waals surface area (Å²) in [5.41, 5.74) is 0.0562. The molecule has 102 valence electrons. The third-order valence-corrected chi connectivity index (χ3v) is 2.15. The highest BCUT2D eigenvalue weighted by atomic mass is 19.1. The Hall–Kier alpha value is -2.24. The van der Waals surface area contributed by atoms with Crippen LogP contribution in [-0.4, -0.2) is 30.4 Å². The normalized spacial score (nSPS) is 11.5. The standard InChI is InChI=1S/C13H13FO5/c1-3-18-13(17)12(19-8(2)15)11(16)9-4-6-10(14)7-5-9/h4-7,12H,3H2,1-2H3. The fourth-order valence-corrected chi connectivity index (χ4v) is 1.36. The van der Waals surface area contributed by atoms with Crippen molar-refractivity contribution in [2.75, 3.05) is 6.61 Å². The van der Waals surface area contributed by atoms with Crippen LogP contribution in [0.4, 0.5) is 4.39 Å². The van der Waals surface area contributed by atoms with Crippen molar-refractivity contribution in [3.8, 4) is 0 Å². The van der Waals surface area contributed by atoms with Crippen LogP contribution in [0, 0.1) is 5.82 Å². The predicted octanol–water partition coefficient (Wildman–Crippen LogP) is 1.50. The number of ether oxygens (including phenoxy) is 2. The number of hydrogen-bond acceptors (Lipinski definition) is 5. The highest BCUT2D eigenvalue weighted by Crippen LogP contribution is 2.10. The van der Waals surface area contributed by atoms with E-state index in [2.05, 4.69) is 9.47 Å². The Morgan fingerprint density at radius 2 is 1.79 bits per heavy atom. The van der Waals surface area contributed by atoms with E-state index in [1.54, 1.807) is 6.92 Å². The number of ketones is 1. The second kappa shape index (κ2) is 6.63. The van der Waals surface area contributed by atoms with E-state index in [1.165, 1.54) is 12.1 Å². The summed E-state index contributed by atoms with van der Waals surface area (Å²) in [5.74, 6) is -3.01. The predicted molar refractivity (Wildman–Crippen MR) is 62.9 cm³/mol. The third-order valence-electron chi connectivity index (χ3n) is 2.15. The lowest BCUT2D eigenvalue weighted by atomic mass is 10.1. The van der Waals surface area contributed by atoms with Crippen molar-refractivity contribution in [2.45, 2.75) is 20.0 Å². The first kappa shape index (κ1) is 14.8. The first-order valence-electron chi connectivity index (χ1n) is 5.59. The zero-order valence-corrected chi connectivity index (χ0v) is 10.5. The summed E-state index contributed by atoms with van der Waals surface area (Å²) in [4.78, 5) is 34.5. The van der Waals surface area contributed by atoms with Gasteiger partial charge in [-0.1, -0.05) is 0 Å². The fraction of sp³-hybridized carbons (Fsp3) is 0.308. The van der Waals surface area contributed by atoms with Gasteiger partial charge in [0.2, 0.25) is 5.78 Å². The minimum absolute atomic E-state index is 0.0489. The molecule has 5 nitrogen and oxygen atoms in total. The molecule has 0 aliphatic rings. The maximum atomic E-state index is 12.8. The molecule has 0 N–H and O–H groups in total. The van der Waals surface area contributed by atoms with Gasteiger partial charge in [0.05, 0.1) is 6.61 Å². The summed E-state index contributed by atoms with van der Waals surface area (Å²) in [6.45, 7) is 2.68. The molecule has 0 amide bonds. The number of halogens is 1. The molecule has 0 fully saturated rings. The first-order chi connectivity index (χ1) is 8.95. The van der Waals surface area contributed by atoms with Crippen LogP contribution in [0.2, 0.25) is 0 Å². The summed E-state index contributed by atoms with van der Waals surface area (Å²) >= 11 is 0. The van der Waals surface area contributed by atoms with Gasteiger partial charge in [-0.25, -0.2) is 9.18 Å². The molecule has 0 spiro atoms. The van der Waals surface area contributed by atoms with E-state index < -0.39 is 29.6 Å². The Balaban J connectivity index is 2.96. The number of hydrogen-bond donors (Lipinski definition) is 0. The van der Waals surface area contributed by atoms with Crippen molar-refractivity contribution < 1.29 is 28.2 Å². The lowest BCUT2D eigenvalue weighted by Gasteiger charge is -2.14. The minimum Gasteiger partial charge on any atom is -0.463 e. The summed E-state index contributed by atoms with van der Waals surface area (Å²) in [7, 11) is 0. The van der Waals surface area contributed by atoms with E-state index in [9.17, 15) is 18.8 Å². The molecule has 0 heterocycles. The van der Waals surface area contributed by atoms with Gasteiger partial charge in [0.25, 0.3) is 6.10 Å². The summed E-state index contributed by atoms with van der Waals surface area (Å²) in [6.07, 6.45) is -1.66. The Labute approximate surface area is 109 Å². The van der Waals surface area contributed by atoms with Crippen LogP contribution in [0.5, 0.6) is 0 Å². The van der Waals surface area contributed by atoms with Crippen LogP contribution in [0.15, 0.2) is 24.3 Å². The molecule has 0 aromatic heterocycles. The van der Waals surface area contributed by atoms with E-state index in [0.717, 1.165) is 19.1 Å². The van der Waals surface area contributed by atoms with Crippen molar-refractivity contribution in [3.05, 3.63) is 35.6 Å². The van der Waals surface area contributed by atoms with Crippen LogP contribution >= 0.6 is 0 Å². The van der Waals surface area contributed by atoms with Crippen molar-refractivity contribution in [1.29, 1.82) is 0 Å². The maximum absolute atomic E-state index is 12.8. The monoisotopic (exact) mass is 268 g/mol. The van der Waals surface area contributed by atoms with Gasteiger partial charge in [0.1, 0.15) is 5.82 Å².